The molecule has 1 aromatic heterocycles. The molecule has 0 unspecified atom stereocenters. The molecule has 2 N–H and O–H groups in total. The van der Waals surface area contributed by atoms with E-state index in [9.17, 15) is 20.0 Å². The molecule has 0 radical (unpaired) electrons. The van der Waals surface area contributed by atoms with Gasteiger partial charge in [-0.15, -0.1) is 0 Å². The average molecular weight is 248 g/mol. The molecule has 0 saturated heterocycles. The number of furan rings is 1. The standard InChI is InChI=1S/C11H8N2O5/c14-9-3-1-2-8(13(16)17)10(9)12-11(15)7-4-5-18-6-7/h1-6,14H,(H,12,15). The van der Waals surface area contributed by atoms with Gasteiger partial charge >= 0.3 is 0 Å². The third-order valence-electron chi connectivity index (χ3n) is 2.24. The zero-order valence-electron chi connectivity index (χ0n) is 8.99. The van der Waals surface area contributed by atoms with Crippen LogP contribution in [0.1, 0.15) is 10.4 Å². The molecule has 92 valence electrons. The van der Waals surface area contributed by atoms with Crippen molar-refractivity contribution in [3.8, 4) is 5.75 Å². The van der Waals surface area contributed by atoms with Gasteiger partial charge in [-0.25, -0.2) is 0 Å². The second-order valence-electron chi connectivity index (χ2n) is 3.39. The predicted molar refractivity (Wildman–Crippen MR) is 61.4 cm³/mol. The maximum absolute atomic E-state index is 11.7. The third kappa shape index (κ3) is 2.14. The molecule has 1 amide bonds. The lowest BCUT2D eigenvalue weighted by Gasteiger charge is -2.06. The van der Waals surface area contributed by atoms with Crippen LogP contribution >= 0.6 is 0 Å². The number of hydrogen-bond acceptors (Lipinski definition) is 5. The molecule has 2 aromatic rings. The smallest absolute Gasteiger partial charge is 0.296 e. The van der Waals surface area contributed by atoms with Crippen LogP contribution in [0.3, 0.4) is 0 Å². The van der Waals surface area contributed by atoms with Crippen molar-refractivity contribution in [2.45, 2.75) is 0 Å². The quantitative estimate of drug-likeness (QED) is 0.491. The Balaban J connectivity index is 2.34. The van der Waals surface area contributed by atoms with E-state index in [1.54, 1.807) is 0 Å². The van der Waals surface area contributed by atoms with Crippen molar-refractivity contribution in [3.05, 3.63) is 52.5 Å². The van der Waals surface area contributed by atoms with Crippen molar-refractivity contribution < 1.29 is 19.2 Å². The first-order chi connectivity index (χ1) is 8.59. The lowest BCUT2D eigenvalue weighted by molar-refractivity contribution is -0.384. The second-order valence-corrected chi connectivity index (χ2v) is 3.39. The average Bonchev–Trinajstić information content (AvgIpc) is 2.85. The van der Waals surface area contributed by atoms with Crippen molar-refractivity contribution in [1.82, 2.24) is 0 Å². The number of anilines is 1. The van der Waals surface area contributed by atoms with Gasteiger partial charge in [-0.05, 0) is 12.1 Å². The number of nitro benzene ring substituents is 1. The topological polar surface area (TPSA) is 106 Å². The number of rotatable bonds is 3. The van der Waals surface area contributed by atoms with Crippen molar-refractivity contribution in [1.29, 1.82) is 0 Å². The van der Waals surface area contributed by atoms with Crippen molar-refractivity contribution in [2.24, 2.45) is 0 Å². The van der Waals surface area contributed by atoms with Crippen LogP contribution in [0.25, 0.3) is 0 Å². The van der Waals surface area contributed by atoms with E-state index < -0.39 is 10.8 Å². The predicted octanol–water partition coefficient (Wildman–Crippen LogP) is 2.15. The molecule has 7 nitrogen and oxygen atoms in total. The normalized spacial score (nSPS) is 10.0. The van der Waals surface area contributed by atoms with Gasteiger partial charge in [0.05, 0.1) is 16.7 Å². The van der Waals surface area contributed by atoms with E-state index in [0.29, 0.717) is 0 Å². The minimum atomic E-state index is -0.690. The van der Waals surface area contributed by atoms with Crippen LogP contribution in [-0.2, 0) is 0 Å². The summed E-state index contributed by atoms with van der Waals surface area (Å²) in [4.78, 5) is 21.8. The van der Waals surface area contributed by atoms with Gasteiger partial charge in [0.2, 0.25) is 0 Å². The van der Waals surface area contributed by atoms with Crippen molar-refractivity contribution in [2.75, 3.05) is 5.32 Å². The summed E-state index contributed by atoms with van der Waals surface area (Å²) in [5, 5.41) is 22.6. The number of benzene rings is 1. The monoisotopic (exact) mass is 248 g/mol. The number of hydrogen-bond donors (Lipinski definition) is 2. The molecule has 1 heterocycles. The zero-order valence-corrected chi connectivity index (χ0v) is 8.99. The van der Waals surface area contributed by atoms with Crippen LogP contribution in [-0.4, -0.2) is 15.9 Å². The Morgan fingerprint density at radius 3 is 2.78 bits per heavy atom. The maximum Gasteiger partial charge on any atom is 0.296 e. The van der Waals surface area contributed by atoms with Gasteiger partial charge in [-0.3, -0.25) is 14.9 Å². The number of phenolic OH excluding ortho intramolecular Hbond substituents is 1. The van der Waals surface area contributed by atoms with Gasteiger partial charge in [-0.1, -0.05) is 6.07 Å². The fourth-order valence-corrected chi connectivity index (χ4v) is 1.39. The molecule has 7 heteroatoms. The lowest BCUT2D eigenvalue weighted by atomic mass is 10.2. The van der Waals surface area contributed by atoms with E-state index in [1.165, 1.54) is 36.8 Å². The fraction of sp³-hybridized carbons (Fsp3) is 0. The summed E-state index contributed by atoms with van der Waals surface area (Å²) in [6.45, 7) is 0. The molecule has 0 fully saturated rings. The SMILES string of the molecule is O=C(Nc1c(O)cccc1[N+](=O)[O-])c1ccoc1. The summed E-state index contributed by atoms with van der Waals surface area (Å²) < 4.78 is 4.72. The van der Waals surface area contributed by atoms with Crippen molar-refractivity contribution in [3.63, 3.8) is 0 Å². The molecular formula is C11H8N2O5. The van der Waals surface area contributed by atoms with E-state index >= 15 is 0 Å². The molecule has 2 rings (SSSR count). The minimum absolute atomic E-state index is 0.201. The van der Waals surface area contributed by atoms with Crippen LogP contribution in [0.15, 0.2) is 41.2 Å². The van der Waals surface area contributed by atoms with E-state index in [1.807, 2.05) is 0 Å². The number of nitrogens with zero attached hydrogens (tertiary/aromatic N) is 1. The van der Waals surface area contributed by atoms with Crippen LogP contribution < -0.4 is 5.32 Å². The lowest BCUT2D eigenvalue weighted by Crippen LogP contribution is -2.12. The highest BCUT2D eigenvalue weighted by molar-refractivity contribution is 6.06. The first-order valence-corrected chi connectivity index (χ1v) is 4.89. The number of nitro groups is 1. The number of para-hydroxylation sites is 1. The molecule has 0 bridgehead atoms. The summed E-state index contributed by atoms with van der Waals surface area (Å²) in [5.74, 6) is -0.977. The van der Waals surface area contributed by atoms with Gasteiger partial charge < -0.3 is 14.8 Å². The number of phenols is 1. The summed E-state index contributed by atoms with van der Waals surface area (Å²) in [7, 11) is 0. The van der Waals surface area contributed by atoms with E-state index in [4.69, 9.17) is 4.42 Å². The fourth-order valence-electron chi connectivity index (χ4n) is 1.39. The Hall–Kier alpha value is -2.83. The number of amides is 1. The van der Waals surface area contributed by atoms with Crippen LogP contribution in [0.2, 0.25) is 0 Å². The molecule has 1 aromatic carbocycles. The van der Waals surface area contributed by atoms with Gasteiger partial charge in [0.1, 0.15) is 12.0 Å². The van der Waals surface area contributed by atoms with Crippen LogP contribution in [0, 0.1) is 10.1 Å². The van der Waals surface area contributed by atoms with Gasteiger partial charge in [0, 0.05) is 6.07 Å². The van der Waals surface area contributed by atoms with E-state index in [2.05, 4.69) is 5.32 Å². The number of carbonyl (C=O) groups is 1. The van der Waals surface area contributed by atoms with Gasteiger partial charge in [0.25, 0.3) is 11.6 Å². The highest BCUT2D eigenvalue weighted by atomic mass is 16.6. The molecule has 18 heavy (non-hydrogen) atoms. The summed E-state index contributed by atoms with van der Waals surface area (Å²) in [6.07, 6.45) is 2.50. The largest absolute Gasteiger partial charge is 0.505 e. The highest BCUT2D eigenvalue weighted by Crippen LogP contribution is 2.33. The molecule has 0 aliphatic heterocycles. The van der Waals surface area contributed by atoms with E-state index in [-0.39, 0.29) is 22.7 Å². The van der Waals surface area contributed by atoms with Crippen LogP contribution in [0.5, 0.6) is 5.75 Å². The Bertz CT molecular complexity index is 591. The highest BCUT2D eigenvalue weighted by Gasteiger charge is 2.20. The number of carbonyl (C=O) groups excluding carboxylic acids is 1. The van der Waals surface area contributed by atoms with Crippen molar-refractivity contribution >= 4 is 17.3 Å². The Labute approximate surface area is 101 Å². The second kappa shape index (κ2) is 4.58. The van der Waals surface area contributed by atoms with Gasteiger partial charge in [0.15, 0.2) is 5.69 Å². The molecule has 0 saturated carbocycles. The zero-order chi connectivity index (χ0) is 13.1. The first-order valence-electron chi connectivity index (χ1n) is 4.89. The molecule has 0 spiro atoms. The maximum atomic E-state index is 11.7. The van der Waals surface area contributed by atoms with Crippen LogP contribution in [0.4, 0.5) is 11.4 Å². The summed E-state index contributed by atoms with van der Waals surface area (Å²) in [5.41, 5.74) is -0.423. The van der Waals surface area contributed by atoms with Gasteiger partial charge in [-0.2, -0.15) is 0 Å². The number of nitrogens with one attached hydrogen (secondary N) is 1. The Morgan fingerprint density at radius 1 is 1.39 bits per heavy atom. The molecule has 0 aliphatic rings. The molecule has 0 atom stereocenters. The van der Waals surface area contributed by atoms with E-state index in [0.717, 1.165) is 0 Å². The Kier molecular flexibility index (Phi) is 2.96. The minimum Gasteiger partial charge on any atom is -0.505 e. The molecule has 0 aliphatic carbocycles. The summed E-state index contributed by atoms with van der Waals surface area (Å²) in [6, 6.07) is 5.16. The third-order valence-corrected chi connectivity index (χ3v) is 2.24. The number of aromatic hydroxyl groups is 1. The molecular weight excluding hydrogens is 240 g/mol. The summed E-state index contributed by atoms with van der Waals surface area (Å²) >= 11 is 0. The first kappa shape index (κ1) is 11.6. The Morgan fingerprint density at radius 2 is 2.17 bits per heavy atom.